The molecule has 4 aromatic rings. The molecule has 3 amide bonds. The highest BCUT2D eigenvalue weighted by Crippen LogP contribution is 2.58. The summed E-state index contributed by atoms with van der Waals surface area (Å²) >= 11 is 0. The van der Waals surface area contributed by atoms with Crippen LogP contribution in [-0.2, 0) is 26.6 Å². The molecule has 48 heavy (non-hydrogen) atoms. The summed E-state index contributed by atoms with van der Waals surface area (Å²) in [6.07, 6.45) is 2.34. The smallest absolute Gasteiger partial charge is 0.255 e. The van der Waals surface area contributed by atoms with Gasteiger partial charge in [0.25, 0.3) is 5.91 Å². The zero-order valence-electron chi connectivity index (χ0n) is 27.7. The number of carbonyl (C=O) groups excluding carboxylic acids is 3. The first-order valence-corrected chi connectivity index (χ1v) is 16.8. The number of ether oxygens (including phenoxy) is 1. The van der Waals surface area contributed by atoms with E-state index in [9.17, 15) is 14.4 Å². The predicted octanol–water partition coefficient (Wildman–Crippen LogP) is 7.87. The first-order chi connectivity index (χ1) is 23.3. The largest absolute Gasteiger partial charge is 0.457 e. The Morgan fingerprint density at radius 2 is 1.56 bits per heavy atom. The maximum absolute atomic E-state index is 14.5. The minimum absolute atomic E-state index is 0.144. The molecule has 4 atom stereocenters. The van der Waals surface area contributed by atoms with E-state index < -0.39 is 23.4 Å². The van der Waals surface area contributed by atoms with Gasteiger partial charge in [0.15, 0.2) is 0 Å². The molecule has 4 aromatic carbocycles. The van der Waals surface area contributed by atoms with E-state index in [1.54, 1.807) is 23.1 Å². The van der Waals surface area contributed by atoms with Crippen molar-refractivity contribution in [2.24, 2.45) is 17.8 Å². The minimum atomic E-state index is -1.11. The van der Waals surface area contributed by atoms with Crippen LogP contribution in [0.2, 0.25) is 0 Å². The van der Waals surface area contributed by atoms with Crippen LogP contribution in [-0.4, -0.2) is 28.7 Å². The molecule has 248 valence electrons. The highest BCUT2D eigenvalue weighted by molar-refractivity contribution is 6.06. The fourth-order valence-electron chi connectivity index (χ4n) is 7.61. The summed E-state index contributed by atoms with van der Waals surface area (Å²) in [5.41, 5.74) is 4.70. The molecule has 6 rings (SSSR count). The average Bonchev–Trinajstić information content (AvgIpc) is 3.31. The number of nitrogens with zero attached hydrogens (tertiary/aromatic N) is 1. The lowest BCUT2D eigenvalue weighted by Gasteiger charge is -2.55. The van der Waals surface area contributed by atoms with Crippen LogP contribution in [0.3, 0.4) is 0 Å². The number of nitrogens with one attached hydrogen (secondary N) is 2. The maximum Gasteiger partial charge on any atom is 0.255 e. The summed E-state index contributed by atoms with van der Waals surface area (Å²) in [6.45, 7) is 6.70. The molecular formula is C40H43N3O5. The van der Waals surface area contributed by atoms with Gasteiger partial charge in [0.1, 0.15) is 17.5 Å². The maximum atomic E-state index is 14.5. The number of rotatable bonds is 13. The second-order valence-corrected chi connectivity index (χ2v) is 13.0. The second-order valence-electron chi connectivity index (χ2n) is 13.0. The number of anilines is 1. The molecule has 8 heteroatoms. The third kappa shape index (κ3) is 6.58. The lowest BCUT2D eigenvalue weighted by Crippen LogP contribution is -2.61. The molecule has 8 nitrogen and oxygen atoms in total. The molecule has 2 aliphatic rings. The standard InChI is InChI=1S/C40H43N3O5/c1-4-40(35-23-22-32(35)27(2)3)34-21-12-11-20-33(34)39(46)43(40)36(25-37(44)42-47-26-28-14-7-5-8-15-28)38(45)41-29-16-13-19-31(24-29)48-30-17-9-6-10-18-30/h5-21,24,27,32,35-36H,4,22-23,25-26H2,1-3H3,(H,41,45)(H,42,44). The third-order valence-corrected chi connectivity index (χ3v) is 9.95. The van der Waals surface area contributed by atoms with Crippen molar-refractivity contribution in [2.75, 3.05) is 5.32 Å². The van der Waals surface area contributed by atoms with Gasteiger partial charge in [-0.3, -0.25) is 19.2 Å². The van der Waals surface area contributed by atoms with Crippen LogP contribution in [0.25, 0.3) is 0 Å². The van der Waals surface area contributed by atoms with Gasteiger partial charge in [-0.1, -0.05) is 93.6 Å². The van der Waals surface area contributed by atoms with E-state index in [2.05, 4.69) is 31.6 Å². The van der Waals surface area contributed by atoms with Gasteiger partial charge in [-0.05, 0) is 78.5 Å². The predicted molar refractivity (Wildman–Crippen MR) is 185 cm³/mol. The average molecular weight is 646 g/mol. The van der Waals surface area contributed by atoms with E-state index in [-0.39, 0.29) is 24.9 Å². The van der Waals surface area contributed by atoms with Gasteiger partial charge in [-0.25, -0.2) is 5.48 Å². The summed E-state index contributed by atoms with van der Waals surface area (Å²) in [4.78, 5) is 49.8. The van der Waals surface area contributed by atoms with E-state index in [4.69, 9.17) is 9.57 Å². The number of carbonyl (C=O) groups is 3. The van der Waals surface area contributed by atoms with Crippen molar-refractivity contribution in [3.63, 3.8) is 0 Å². The number of benzene rings is 4. The Balaban J connectivity index is 1.32. The zero-order valence-corrected chi connectivity index (χ0v) is 27.7. The lowest BCUT2D eigenvalue weighted by atomic mass is 9.57. The van der Waals surface area contributed by atoms with Gasteiger partial charge in [0.2, 0.25) is 11.8 Å². The monoisotopic (exact) mass is 645 g/mol. The molecule has 1 aliphatic heterocycles. The van der Waals surface area contributed by atoms with Crippen LogP contribution < -0.4 is 15.5 Å². The number of hydrogen-bond donors (Lipinski definition) is 2. The topological polar surface area (TPSA) is 97.0 Å². The summed E-state index contributed by atoms with van der Waals surface area (Å²) in [6, 6.07) is 32.6. The van der Waals surface area contributed by atoms with Gasteiger partial charge >= 0.3 is 0 Å². The SMILES string of the molecule is CCC1(C2CCC2C(C)C)c2ccccc2C(=O)N1C(CC(=O)NOCc1ccccc1)C(=O)Nc1cccc(Oc2ccccc2)c1. The molecule has 1 saturated carbocycles. The Labute approximate surface area is 282 Å². The van der Waals surface area contributed by atoms with E-state index >= 15 is 0 Å². The molecular weight excluding hydrogens is 602 g/mol. The second kappa shape index (κ2) is 14.4. The molecule has 1 fully saturated rings. The Kier molecular flexibility index (Phi) is 9.92. The molecule has 0 saturated heterocycles. The van der Waals surface area contributed by atoms with Gasteiger partial charge in [-0.15, -0.1) is 0 Å². The summed E-state index contributed by atoms with van der Waals surface area (Å²) in [5, 5.41) is 3.02. The van der Waals surface area contributed by atoms with Crippen molar-refractivity contribution in [1.82, 2.24) is 10.4 Å². The van der Waals surface area contributed by atoms with Crippen molar-refractivity contribution >= 4 is 23.4 Å². The van der Waals surface area contributed by atoms with Crippen LogP contribution in [0.4, 0.5) is 5.69 Å². The number of hydroxylamine groups is 1. The molecule has 4 unspecified atom stereocenters. The Bertz CT molecular complexity index is 1740. The number of para-hydroxylation sites is 1. The highest BCUT2D eigenvalue weighted by Gasteiger charge is 2.60. The minimum Gasteiger partial charge on any atom is -0.457 e. The molecule has 1 heterocycles. The highest BCUT2D eigenvalue weighted by atomic mass is 16.6. The van der Waals surface area contributed by atoms with Crippen molar-refractivity contribution in [1.29, 1.82) is 0 Å². The van der Waals surface area contributed by atoms with Crippen LogP contribution in [0.1, 0.15) is 67.9 Å². The van der Waals surface area contributed by atoms with Crippen LogP contribution in [0, 0.1) is 17.8 Å². The lowest BCUT2D eigenvalue weighted by molar-refractivity contribution is -0.141. The first kappa shape index (κ1) is 33.0. The number of fused-ring (bicyclic) bond motifs is 1. The van der Waals surface area contributed by atoms with Crippen LogP contribution >= 0.6 is 0 Å². The zero-order chi connectivity index (χ0) is 33.7. The van der Waals surface area contributed by atoms with Crippen LogP contribution in [0.15, 0.2) is 109 Å². The summed E-state index contributed by atoms with van der Waals surface area (Å²) in [7, 11) is 0. The van der Waals surface area contributed by atoms with Crippen molar-refractivity contribution in [2.45, 2.75) is 64.6 Å². The van der Waals surface area contributed by atoms with E-state index in [0.717, 1.165) is 24.0 Å². The fourth-order valence-corrected chi connectivity index (χ4v) is 7.61. The molecule has 0 aromatic heterocycles. The van der Waals surface area contributed by atoms with E-state index in [0.29, 0.717) is 41.0 Å². The van der Waals surface area contributed by atoms with Crippen molar-refractivity contribution in [3.05, 3.63) is 126 Å². The quantitative estimate of drug-likeness (QED) is 0.144. The fraction of sp³-hybridized carbons (Fsp3) is 0.325. The van der Waals surface area contributed by atoms with Crippen molar-refractivity contribution < 1.29 is 24.0 Å². The first-order valence-electron chi connectivity index (χ1n) is 16.8. The van der Waals surface area contributed by atoms with Gasteiger partial charge in [0.05, 0.1) is 18.6 Å². The Morgan fingerprint density at radius 3 is 2.25 bits per heavy atom. The summed E-state index contributed by atoms with van der Waals surface area (Å²) in [5.74, 6) is 0.964. The number of hydrogen-bond acceptors (Lipinski definition) is 5. The van der Waals surface area contributed by atoms with E-state index in [1.807, 2.05) is 91.0 Å². The van der Waals surface area contributed by atoms with Crippen molar-refractivity contribution in [3.8, 4) is 11.5 Å². The van der Waals surface area contributed by atoms with Gasteiger partial charge in [0, 0.05) is 17.3 Å². The molecule has 1 aliphatic carbocycles. The number of amides is 3. The van der Waals surface area contributed by atoms with Gasteiger partial charge < -0.3 is 15.0 Å². The van der Waals surface area contributed by atoms with Crippen LogP contribution in [0.5, 0.6) is 11.5 Å². The molecule has 0 spiro atoms. The molecule has 0 bridgehead atoms. The normalized spacial score (nSPS) is 20.5. The Morgan fingerprint density at radius 1 is 0.875 bits per heavy atom. The summed E-state index contributed by atoms with van der Waals surface area (Å²) < 4.78 is 6.01. The van der Waals surface area contributed by atoms with E-state index in [1.165, 1.54) is 0 Å². The third-order valence-electron chi connectivity index (χ3n) is 9.95. The Hall–Kier alpha value is -4.95. The molecule has 0 radical (unpaired) electrons. The molecule has 2 N–H and O–H groups in total. The van der Waals surface area contributed by atoms with Gasteiger partial charge in [-0.2, -0.15) is 0 Å².